The van der Waals surface area contributed by atoms with Gasteiger partial charge in [-0.05, 0) is 0 Å². The van der Waals surface area contributed by atoms with Crippen LogP contribution in [0.4, 0.5) is 8.78 Å². The first-order chi connectivity index (χ1) is 6.08. The number of hydrogen-bond donors (Lipinski definition) is 0. The van der Waals surface area contributed by atoms with E-state index in [1.165, 1.54) is 13.8 Å². The van der Waals surface area contributed by atoms with Gasteiger partial charge in [0.05, 0.1) is 5.92 Å². The molecule has 5 nitrogen and oxygen atoms in total. The van der Waals surface area contributed by atoms with Crippen LogP contribution in [0.25, 0.3) is 0 Å². The van der Waals surface area contributed by atoms with Gasteiger partial charge in [-0.1, -0.05) is 13.8 Å². The predicted octanol–water partition coefficient (Wildman–Crippen LogP) is -2.67. The number of ether oxygens (including phenoxy) is 1. The molecule has 0 aromatic carbocycles. The van der Waals surface area contributed by atoms with E-state index in [1.807, 2.05) is 0 Å². The molecule has 0 rings (SSSR count). The quantitative estimate of drug-likeness (QED) is 0.310. The number of hydrogen-bond acceptors (Lipinski definition) is 5. The van der Waals surface area contributed by atoms with Gasteiger partial charge in [-0.25, -0.2) is 8.42 Å². The van der Waals surface area contributed by atoms with E-state index in [-0.39, 0.29) is 29.6 Å². The summed E-state index contributed by atoms with van der Waals surface area (Å²) >= 11 is 0. The molecule has 9 heteroatoms. The maximum absolute atomic E-state index is 12.4. The summed E-state index contributed by atoms with van der Waals surface area (Å²) in [5.74, 6) is -1.66. The van der Waals surface area contributed by atoms with Crippen LogP contribution >= 0.6 is 0 Å². The maximum atomic E-state index is 12.4. The Morgan fingerprint density at radius 3 is 2.13 bits per heavy atom. The van der Waals surface area contributed by atoms with Crippen LogP contribution in [0.1, 0.15) is 13.8 Å². The number of esters is 1. The minimum absolute atomic E-state index is 0. The molecule has 0 saturated carbocycles. The molecule has 15 heavy (non-hydrogen) atoms. The fraction of sp³-hybridized carbons (Fsp3) is 0.833. The number of alkyl halides is 2. The second-order valence-corrected chi connectivity index (χ2v) is 4.36. The van der Waals surface area contributed by atoms with Crippen LogP contribution in [0.3, 0.4) is 0 Å². The Kier molecular flexibility index (Phi) is 7.16. The van der Waals surface area contributed by atoms with Crippen molar-refractivity contribution in [3.63, 3.8) is 0 Å². The molecule has 0 bridgehead atoms. The van der Waals surface area contributed by atoms with Crippen LogP contribution in [-0.4, -0.2) is 30.8 Å². The average molecular weight is 254 g/mol. The van der Waals surface area contributed by atoms with Gasteiger partial charge in [0.25, 0.3) is 0 Å². The summed E-state index contributed by atoms with van der Waals surface area (Å²) in [5, 5.41) is -4.57. The molecule has 84 valence electrons. The summed E-state index contributed by atoms with van der Waals surface area (Å²) in [6.45, 7) is 1.02. The summed E-state index contributed by atoms with van der Waals surface area (Å²) in [6, 6.07) is 0. The second-order valence-electron chi connectivity index (χ2n) is 2.85. The normalized spacial score (nSPS) is 12.1. The fourth-order valence-corrected chi connectivity index (χ4v) is 0.597. The standard InChI is InChI=1S/C6H10F2O5S.Na/c1-4(2)5(9)13-3-6(7,8)14(10,11)12;/h4H,3H2,1-2H3,(H,10,11,12);/q;+1/p-1. The zero-order valence-electron chi connectivity index (χ0n) is 8.49. The van der Waals surface area contributed by atoms with E-state index in [4.69, 9.17) is 0 Å². The summed E-state index contributed by atoms with van der Waals surface area (Å²) in [7, 11) is -5.78. The minimum atomic E-state index is -5.78. The van der Waals surface area contributed by atoms with Crippen molar-refractivity contribution in [1.29, 1.82) is 0 Å². The molecule has 0 atom stereocenters. The molecular formula is C6H9F2NaO5S. The molecule has 0 aromatic heterocycles. The molecule has 0 amide bonds. The van der Waals surface area contributed by atoms with Gasteiger partial charge in [-0.15, -0.1) is 0 Å². The van der Waals surface area contributed by atoms with Crippen molar-refractivity contribution in [2.24, 2.45) is 5.92 Å². The third kappa shape index (κ3) is 5.76. The molecule has 0 saturated heterocycles. The Morgan fingerprint density at radius 1 is 1.47 bits per heavy atom. The van der Waals surface area contributed by atoms with Crippen LogP contribution in [0.2, 0.25) is 0 Å². The largest absolute Gasteiger partial charge is 1.00 e. The van der Waals surface area contributed by atoms with Crippen LogP contribution in [0, 0.1) is 5.92 Å². The Hall–Kier alpha value is 0.240. The van der Waals surface area contributed by atoms with Crippen LogP contribution in [-0.2, 0) is 19.6 Å². The van der Waals surface area contributed by atoms with Crippen molar-refractivity contribution in [2.45, 2.75) is 19.1 Å². The summed E-state index contributed by atoms with van der Waals surface area (Å²) in [4.78, 5) is 10.7. The SMILES string of the molecule is CC(C)C(=O)OCC(F)(F)S(=O)(=O)[O-].[Na+]. The molecule has 0 aliphatic rings. The molecule has 0 aliphatic heterocycles. The van der Waals surface area contributed by atoms with Crippen LogP contribution in [0.5, 0.6) is 0 Å². The van der Waals surface area contributed by atoms with Gasteiger partial charge in [0.15, 0.2) is 16.7 Å². The molecule has 0 N–H and O–H groups in total. The molecule has 0 heterocycles. The fourth-order valence-electron chi connectivity index (χ4n) is 0.394. The number of rotatable bonds is 4. The average Bonchev–Trinajstić information content (AvgIpc) is 1.97. The summed E-state index contributed by atoms with van der Waals surface area (Å²) < 4.78 is 58.5. The zero-order valence-corrected chi connectivity index (χ0v) is 11.3. The van der Waals surface area contributed by atoms with Crippen LogP contribution in [0.15, 0.2) is 0 Å². The van der Waals surface area contributed by atoms with Gasteiger partial charge in [0.1, 0.15) is 0 Å². The van der Waals surface area contributed by atoms with Crippen molar-refractivity contribution in [3.8, 4) is 0 Å². The Balaban J connectivity index is 0. The minimum Gasteiger partial charge on any atom is -0.743 e. The number of halogens is 2. The van der Waals surface area contributed by atoms with Crippen molar-refractivity contribution in [1.82, 2.24) is 0 Å². The van der Waals surface area contributed by atoms with Crippen molar-refractivity contribution < 1.29 is 60.8 Å². The van der Waals surface area contributed by atoms with E-state index in [9.17, 15) is 26.5 Å². The zero-order chi connectivity index (χ0) is 11.6. The van der Waals surface area contributed by atoms with Crippen LogP contribution < -0.4 is 29.6 Å². The van der Waals surface area contributed by atoms with Gasteiger partial charge >= 0.3 is 40.8 Å². The third-order valence-corrected chi connectivity index (χ3v) is 2.07. The molecule has 0 aromatic rings. The smallest absolute Gasteiger partial charge is 0.743 e. The van der Waals surface area contributed by atoms with E-state index in [0.29, 0.717) is 0 Å². The topological polar surface area (TPSA) is 83.5 Å². The van der Waals surface area contributed by atoms with Gasteiger partial charge in [-0.3, -0.25) is 4.79 Å². The number of carbonyl (C=O) groups excluding carboxylic acids is 1. The van der Waals surface area contributed by atoms with E-state index in [1.54, 1.807) is 0 Å². The Morgan fingerprint density at radius 2 is 1.87 bits per heavy atom. The first kappa shape index (κ1) is 17.6. The predicted molar refractivity (Wildman–Crippen MR) is 40.4 cm³/mol. The summed E-state index contributed by atoms with van der Waals surface area (Å²) in [5.41, 5.74) is 0. The number of carbonyl (C=O) groups is 1. The van der Waals surface area contributed by atoms with E-state index in [0.717, 1.165) is 0 Å². The Bertz CT molecular complexity index is 313. The molecule has 0 unspecified atom stereocenters. The molecular weight excluding hydrogens is 245 g/mol. The van der Waals surface area contributed by atoms with Gasteiger partial charge in [0.2, 0.25) is 0 Å². The van der Waals surface area contributed by atoms with E-state index in [2.05, 4.69) is 4.74 Å². The van der Waals surface area contributed by atoms with E-state index < -0.39 is 33.9 Å². The van der Waals surface area contributed by atoms with Crippen molar-refractivity contribution in [3.05, 3.63) is 0 Å². The van der Waals surface area contributed by atoms with E-state index >= 15 is 0 Å². The first-order valence-electron chi connectivity index (χ1n) is 3.58. The monoisotopic (exact) mass is 254 g/mol. The van der Waals surface area contributed by atoms with Gasteiger partial charge in [-0.2, -0.15) is 8.78 Å². The Labute approximate surface area is 108 Å². The van der Waals surface area contributed by atoms with Crippen molar-refractivity contribution in [2.75, 3.05) is 6.61 Å². The first-order valence-corrected chi connectivity index (χ1v) is 4.98. The molecule has 0 aliphatic carbocycles. The molecule has 0 fully saturated rings. The third-order valence-electron chi connectivity index (χ3n) is 1.22. The van der Waals surface area contributed by atoms with Gasteiger partial charge < -0.3 is 9.29 Å². The van der Waals surface area contributed by atoms with Crippen molar-refractivity contribution >= 4 is 16.1 Å². The van der Waals surface area contributed by atoms with Gasteiger partial charge in [0, 0.05) is 0 Å². The molecule has 0 spiro atoms. The summed E-state index contributed by atoms with van der Waals surface area (Å²) in [6.07, 6.45) is 0. The second kappa shape index (κ2) is 6.09. The molecule has 0 radical (unpaired) electrons. The maximum Gasteiger partial charge on any atom is 1.00 e.